The van der Waals surface area contributed by atoms with E-state index in [0.29, 0.717) is 30.9 Å². The lowest BCUT2D eigenvalue weighted by Gasteiger charge is -2.14. The van der Waals surface area contributed by atoms with E-state index in [2.05, 4.69) is 15.5 Å². The second-order valence-corrected chi connectivity index (χ2v) is 4.84. The second kappa shape index (κ2) is 4.40. The average molecular weight is 263 g/mol. The minimum atomic E-state index is -1.12. The lowest BCUT2D eigenvalue weighted by Crippen LogP contribution is -2.28. The van der Waals surface area contributed by atoms with E-state index in [9.17, 15) is 9.50 Å². The van der Waals surface area contributed by atoms with E-state index in [1.54, 1.807) is 6.07 Å². The quantitative estimate of drug-likeness (QED) is 0.856. The third-order valence-electron chi connectivity index (χ3n) is 3.40. The van der Waals surface area contributed by atoms with Crippen molar-refractivity contribution in [2.75, 3.05) is 13.1 Å². The lowest BCUT2D eigenvalue weighted by atomic mass is 10.0. The molecule has 1 atom stereocenters. The summed E-state index contributed by atoms with van der Waals surface area (Å²) in [5.74, 6) is 0.122. The van der Waals surface area contributed by atoms with Crippen molar-refractivity contribution in [3.8, 4) is 11.4 Å². The maximum Gasteiger partial charge on any atom is 0.260 e. The number of benzene rings is 1. The largest absolute Gasteiger partial charge is 0.379 e. The topological polar surface area (TPSA) is 71.2 Å². The molecule has 0 aliphatic carbocycles. The molecule has 2 aromatic rings. The molecule has 1 saturated heterocycles. The van der Waals surface area contributed by atoms with E-state index in [4.69, 9.17) is 4.52 Å². The first-order valence-electron chi connectivity index (χ1n) is 6.12. The highest BCUT2D eigenvalue weighted by Gasteiger charge is 2.38. The van der Waals surface area contributed by atoms with Crippen LogP contribution in [0, 0.1) is 12.7 Å². The normalized spacial score (nSPS) is 22.9. The van der Waals surface area contributed by atoms with E-state index < -0.39 is 5.60 Å². The molecule has 3 rings (SSSR count). The fourth-order valence-corrected chi connectivity index (χ4v) is 2.22. The maximum absolute atomic E-state index is 13.3. The van der Waals surface area contributed by atoms with Crippen molar-refractivity contribution in [2.45, 2.75) is 18.9 Å². The number of nitrogens with one attached hydrogen (secondary N) is 1. The number of hydrogen-bond donors (Lipinski definition) is 2. The highest BCUT2D eigenvalue weighted by molar-refractivity contribution is 5.59. The van der Waals surface area contributed by atoms with Crippen molar-refractivity contribution >= 4 is 0 Å². The van der Waals surface area contributed by atoms with Gasteiger partial charge in [-0.15, -0.1) is 0 Å². The zero-order valence-electron chi connectivity index (χ0n) is 10.5. The summed E-state index contributed by atoms with van der Waals surface area (Å²) in [6.07, 6.45) is 0.525. The van der Waals surface area contributed by atoms with Gasteiger partial charge in [0.15, 0.2) is 5.60 Å². The van der Waals surface area contributed by atoms with Crippen molar-refractivity contribution < 1.29 is 14.0 Å². The SMILES string of the molecule is Cc1ccc(F)cc1-c1noc(C2(O)CCNC2)n1. The molecule has 1 unspecified atom stereocenters. The van der Waals surface area contributed by atoms with Crippen LogP contribution in [0.15, 0.2) is 22.7 Å². The predicted octanol–water partition coefficient (Wildman–Crippen LogP) is 1.37. The van der Waals surface area contributed by atoms with Crippen molar-refractivity contribution in [3.63, 3.8) is 0 Å². The van der Waals surface area contributed by atoms with Gasteiger partial charge in [0.1, 0.15) is 5.82 Å². The van der Waals surface area contributed by atoms with Crippen LogP contribution in [-0.2, 0) is 5.60 Å². The van der Waals surface area contributed by atoms with E-state index in [1.165, 1.54) is 12.1 Å². The molecule has 2 N–H and O–H groups in total. The van der Waals surface area contributed by atoms with Gasteiger partial charge in [0, 0.05) is 12.1 Å². The molecule has 1 aromatic heterocycles. The molecule has 1 fully saturated rings. The number of aryl methyl sites for hydroxylation is 1. The lowest BCUT2D eigenvalue weighted by molar-refractivity contribution is 0.0243. The van der Waals surface area contributed by atoms with Gasteiger partial charge in [-0.1, -0.05) is 11.2 Å². The first-order valence-corrected chi connectivity index (χ1v) is 6.12. The van der Waals surface area contributed by atoms with Gasteiger partial charge in [-0.2, -0.15) is 4.98 Å². The molecule has 100 valence electrons. The third-order valence-corrected chi connectivity index (χ3v) is 3.40. The number of β-amino-alcohol motifs (C(OH)–C–C–N with tert-alkyl or cyclic N) is 1. The Morgan fingerprint density at radius 3 is 3.05 bits per heavy atom. The Balaban J connectivity index is 1.99. The van der Waals surface area contributed by atoms with Crippen LogP contribution in [0.2, 0.25) is 0 Å². The summed E-state index contributed by atoms with van der Waals surface area (Å²) in [5.41, 5.74) is 0.307. The number of rotatable bonds is 2. The van der Waals surface area contributed by atoms with Gasteiger partial charge >= 0.3 is 0 Å². The molecule has 5 nitrogen and oxygen atoms in total. The summed E-state index contributed by atoms with van der Waals surface area (Å²) in [6, 6.07) is 4.40. The van der Waals surface area contributed by atoms with E-state index in [1.807, 2.05) is 6.92 Å². The second-order valence-electron chi connectivity index (χ2n) is 4.84. The zero-order chi connectivity index (χ0) is 13.5. The Morgan fingerprint density at radius 1 is 1.47 bits per heavy atom. The molecular weight excluding hydrogens is 249 g/mol. The Hall–Kier alpha value is -1.79. The van der Waals surface area contributed by atoms with Gasteiger partial charge in [-0.05, 0) is 37.6 Å². The molecule has 1 aliphatic heterocycles. The van der Waals surface area contributed by atoms with E-state index >= 15 is 0 Å². The van der Waals surface area contributed by atoms with Crippen LogP contribution in [0.5, 0.6) is 0 Å². The molecule has 0 amide bonds. The van der Waals surface area contributed by atoms with Crippen LogP contribution in [0.4, 0.5) is 4.39 Å². The van der Waals surface area contributed by atoms with Gasteiger partial charge in [0.05, 0.1) is 0 Å². The van der Waals surface area contributed by atoms with Gasteiger partial charge < -0.3 is 14.9 Å². The summed E-state index contributed by atoms with van der Waals surface area (Å²) < 4.78 is 18.4. The first kappa shape index (κ1) is 12.3. The number of aromatic nitrogens is 2. The minimum absolute atomic E-state index is 0.177. The van der Waals surface area contributed by atoms with Crippen LogP contribution < -0.4 is 5.32 Å². The Labute approximate surface area is 109 Å². The highest BCUT2D eigenvalue weighted by atomic mass is 19.1. The summed E-state index contributed by atoms with van der Waals surface area (Å²) in [6.45, 7) is 2.93. The van der Waals surface area contributed by atoms with Gasteiger partial charge in [-0.25, -0.2) is 4.39 Å². The van der Waals surface area contributed by atoms with Gasteiger partial charge in [-0.3, -0.25) is 0 Å². The summed E-state index contributed by atoms with van der Waals surface area (Å²) in [4.78, 5) is 4.20. The van der Waals surface area contributed by atoms with Gasteiger partial charge in [0.25, 0.3) is 5.89 Å². The fourth-order valence-electron chi connectivity index (χ4n) is 2.22. The standard InChI is InChI=1S/C13H14FN3O2/c1-8-2-3-9(14)6-10(8)11-16-12(19-17-11)13(18)4-5-15-7-13/h2-3,6,15,18H,4-5,7H2,1H3. The Morgan fingerprint density at radius 2 is 2.32 bits per heavy atom. The third kappa shape index (κ3) is 2.13. The van der Waals surface area contributed by atoms with E-state index in [-0.39, 0.29) is 11.7 Å². The minimum Gasteiger partial charge on any atom is -0.379 e. The molecule has 6 heteroatoms. The predicted molar refractivity (Wildman–Crippen MR) is 65.8 cm³/mol. The molecule has 0 saturated carbocycles. The number of nitrogens with zero attached hydrogens (tertiary/aromatic N) is 2. The fraction of sp³-hybridized carbons (Fsp3) is 0.385. The van der Waals surface area contributed by atoms with Crippen LogP contribution >= 0.6 is 0 Å². The smallest absolute Gasteiger partial charge is 0.260 e. The highest BCUT2D eigenvalue weighted by Crippen LogP contribution is 2.29. The zero-order valence-corrected chi connectivity index (χ0v) is 10.5. The Bertz CT molecular complexity index is 606. The molecule has 2 heterocycles. The molecule has 1 aliphatic rings. The van der Waals surface area contributed by atoms with Crippen LogP contribution in [0.1, 0.15) is 17.9 Å². The van der Waals surface area contributed by atoms with Gasteiger partial charge in [0.2, 0.25) is 5.82 Å². The van der Waals surface area contributed by atoms with Crippen molar-refractivity contribution in [3.05, 3.63) is 35.5 Å². The molecule has 1 aromatic carbocycles. The monoisotopic (exact) mass is 263 g/mol. The molecule has 0 bridgehead atoms. The molecular formula is C13H14FN3O2. The van der Waals surface area contributed by atoms with Crippen LogP contribution in [0.25, 0.3) is 11.4 Å². The molecule has 0 spiro atoms. The van der Waals surface area contributed by atoms with Crippen LogP contribution in [0.3, 0.4) is 0 Å². The number of aliphatic hydroxyl groups is 1. The molecule has 0 radical (unpaired) electrons. The average Bonchev–Trinajstić information content (AvgIpc) is 3.02. The number of hydrogen-bond acceptors (Lipinski definition) is 5. The van der Waals surface area contributed by atoms with E-state index in [0.717, 1.165) is 5.56 Å². The molecule has 19 heavy (non-hydrogen) atoms. The van der Waals surface area contributed by atoms with Crippen molar-refractivity contribution in [1.29, 1.82) is 0 Å². The maximum atomic E-state index is 13.3. The summed E-state index contributed by atoms with van der Waals surface area (Å²) >= 11 is 0. The number of halogens is 1. The first-order chi connectivity index (χ1) is 9.08. The summed E-state index contributed by atoms with van der Waals surface area (Å²) in [5, 5.41) is 17.2. The summed E-state index contributed by atoms with van der Waals surface area (Å²) in [7, 11) is 0. The van der Waals surface area contributed by atoms with Crippen LogP contribution in [-0.4, -0.2) is 28.3 Å². The van der Waals surface area contributed by atoms with Crippen molar-refractivity contribution in [1.82, 2.24) is 15.5 Å². The van der Waals surface area contributed by atoms with Crippen molar-refractivity contribution in [2.24, 2.45) is 0 Å². The Kier molecular flexibility index (Phi) is 2.83.